The monoisotopic (exact) mass is 404 g/mol. The van der Waals surface area contributed by atoms with Gasteiger partial charge >= 0.3 is 11.9 Å². The van der Waals surface area contributed by atoms with Crippen LogP contribution in [0.2, 0.25) is 0 Å². The second kappa shape index (κ2) is 9.53. The number of carbonyl (C=O) groups excluding carboxylic acids is 3. The number of esters is 2. The first-order chi connectivity index (χ1) is 13.5. The molecule has 4 atom stereocenters. The molecule has 160 valence electrons. The summed E-state index contributed by atoms with van der Waals surface area (Å²) in [7, 11) is 0. The Bertz CT molecular complexity index is 722. The molecule has 0 aliphatic heterocycles. The van der Waals surface area contributed by atoms with Gasteiger partial charge in [-0.2, -0.15) is 0 Å². The van der Waals surface area contributed by atoms with E-state index in [9.17, 15) is 19.5 Å². The van der Waals surface area contributed by atoms with Gasteiger partial charge in [0.25, 0.3) is 0 Å². The van der Waals surface area contributed by atoms with Crippen LogP contribution in [0.15, 0.2) is 30.3 Å². The number of hydrogen-bond acceptors (Lipinski definition) is 6. The molecular weight excluding hydrogens is 372 g/mol. The molecule has 0 aromatic heterocycles. The van der Waals surface area contributed by atoms with Crippen LogP contribution in [0.1, 0.15) is 52.5 Å². The van der Waals surface area contributed by atoms with Crippen molar-refractivity contribution in [3.05, 3.63) is 35.9 Å². The summed E-state index contributed by atoms with van der Waals surface area (Å²) in [5.74, 6) is -4.52. The maximum absolute atomic E-state index is 13.0. The maximum atomic E-state index is 13.0. The number of Topliss-reactive ketones (excluding diaryl/α,β-unsaturated/α-hetero) is 1. The van der Waals surface area contributed by atoms with Gasteiger partial charge in [-0.3, -0.25) is 14.4 Å². The standard InChI is InChI=1S/C23H32O6/c1-14(2)12-28-21(25)19-17(24)11-23(5,27)20(22(26)29-13-15(3)4)18(19)16-9-7-6-8-10-16/h6-10,14-15,18-20,27H,11-13H2,1-5H3/t18-,19+,20-,23+/m1/s1. The largest absolute Gasteiger partial charge is 0.465 e. The Kier molecular flexibility index (Phi) is 7.58. The molecule has 6 heteroatoms. The third kappa shape index (κ3) is 5.66. The summed E-state index contributed by atoms with van der Waals surface area (Å²) in [5.41, 5.74) is -1.00. The summed E-state index contributed by atoms with van der Waals surface area (Å²) < 4.78 is 10.8. The minimum absolute atomic E-state index is 0.114. The summed E-state index contributed by atoms with van der Waals surface area (Å²) in [5, 5.41) is 11.0. The van der Waals surface area contributed by atoms with Crippen molar-refractivity contribution >= 4 is 17.7 Å². The minimum Gasteiger partial charge on any atom is -0.465 e. The van der Waals surface area contributed by atoms with Crippen molar-refractivity contribution in [1.82, 2.24) is 0 Å². The molecule has 29 heavy (non-hydrogen) atoms. The van der Waals surface area contributed by atoms with Crippen LogP contribution < -0.4 is 0 Å². The molecule has 1 aliphatic carbocycles. The highest BCUT2D eigenvalue weighted by Crippen LogP contribution is 2.46. The van der Waals surface area contributed by atoms with Gasteiger partial charge in [-0.05, 0) is 24.3 Å². The van der Waals surface area contributed by atoms with E-state index in [2.05, 4.69) is 0 Å². The normalized spacial score (nSPS) is 27.2. The lowest BCUT2D eigenvalue weighted by atomic mass is 9.62. The Morgan fingerprint density at radius 2 is 1.55 bits per heavy atom. The Hall–Kier alpha value is -2.21. The van der Waals surface area contributed by atoms with Gasteiger partial charge in [0.1, 0.15) is 5.92 Å². The number of ketones is 1. The van der Waals surface area contributed by atoms with Gasteiger partial charge in [0.2, 0.25) is 0 Å². The summed E-state index contributed by atoms with van der Waals surface area (Å²) in [6.07, 6.45) is -0.306. The highest BCUT2D eigenvalue weighted by molar-refractivity contribution is 6.02. The van der Waals surface area contributed by atoms with E-state index < -0.39 is 41.1 Å². The third-order valence-electron chi connectivity index (χ3n) is 5.08. The van der Waals surface area contributed by atoms with Crippen LogP contribution in [0, 0.1) is 23.7 Å². The van der Waals surface area contributed by atoms with Crippen LogP contribution in [-0.4, -0.2) is 41.6 Å². The fraction of sp³-hybridized carbons (Fsp3) is 0.609. The van der Waals surface area contributed by atoms with Gasteiger partial charge in [0.05, 0.1) is 24.7 Å². The van der Waals surface area contributed by atoms with E-state index >= 15 is 0 Å². The van der Waals surface area contributed by atoms with Gasteiger partial charge in [-0.1, -0.05) is 58.0 Å². The summed E-state index contributed by atoms with van der Waals surface area (Å²) in [6, 6.07) is 8.87. The van der Waals surface area contributed by atoms with Crippen LogP contribution in [0.25, 0.3) is 0 Å². The first-order valence-electron chi connectivity index (χ1n) is 10.2. The van der Waals surface area contributed by atoms with Crippen LogP contribution in [0.3, 0.4) is 0 Å². The fourth-order valence-corrected chi connectivity index (χ4v) is 3.77. The van der Waals surface area contributed by atoms with Crippen LogP contribution >= 0.6 is 0 Å². The Balaban J connectivity index is 2.47. The summed E-state index contributed by atoms with van der Waals surface area (Å²) in [6.45, 7) is 9.47. The number of carbonyl (C=O) groups is 3. The quantitative estimate of drug-likeness (QED) is 0.555. The molecule has 1 aliphatic rings. The molecule has 0 bridgehead atoms. The zero-order valence-corrected chi connectivity index (χ0v) is 17.9. The van der Waals surface area contributed by atoms with E-state index in [0.29, 0.717) is 5.56 Å². The van der Waals surface area contributed by atoms with Crippen molar-refractivity contribution in [2.75, 3.05) is 13.2 Å². The number of rotatable bonds is 7. The molecule has 0 saturated heterocycles. The van der Waals surface area contributed by atoms with E-state index in [4.69, 9.17) is 9.47 Å². The first kappa shape index (κ1) is 23.1. The lowest BCUT2D eigenvalue weighted by Gasteiger charge is -2.43. The number of ether oxygens (including phenoxy) is 2. The Morgan fingerprint density at radius 1 is 1.03 bits per heavy atom. The van der Waals surface area contributed by atoms with Gasteiger partial charge in [-0.25, -0.2) is 0 Å². The van der Waals surface area contributed by atoms with Crippen LogP contribution in [-0.2, 0) is 23.9 Å². The molecule has 1 aromatic rings. The fourth-order valence-electron chi connectivity index (χ4n) is 3.77. The first-order valence-corrected chi connectivity index (χ1v) is 10.2. The average molecular weight is 405 g/mol. The van der Waals surface area contributed by atoms with E-state index in [1.807, 2.05) is 33.8 Å². The molecule has 0 heterocycles. The zero-order chi connectivity index (χ0) is 21.8. The van der Waals surface area contributed by atoms with Gasteiger partial charge in [-0.15, -0.1) is 0 Å². The summed E-state index contributed by atoms with van der Waals surface area (Å²) >= 11 is 0. The van der Waals surface area contributed by atoms with E-state index in [1.165, 1.54) is 6.92 Å². The number of aliphatic hydroxyl groups is 1. The molecule has 2 rings (SSSR count). The topological polar surface area (TPSA) is 89.9 Å². The van der Waals surface area contributed by atoms with E-state index in [0.717, 1.165) is 0 Å². The van der Waals surface area contributed by atoms with Gasteiger partial charge < -0.3 is 14.6 Å². The molecule has 1 saturated carbocycles. The van der Waals surface area contributed by atoms with Crippen molar-refractivity contribution in [2.24, 2.45) is 23.7 Å². The molecule has 0 spiro atoms. The third-order valence-corrected chi connectivity index (χ3v) is 5.08. The predicted octanol–water partition coefficient (Wildman–Crippen LogP) is 3.12. The van der Waals surface area contributed by atoms with Crippen molar-refractivity contribution in [3.8, 4) is 0 Å². The maximum Gasteiger partial charge on any atom is 0.317 e. The Morgan fingerprint density at radius 3 is 2.07 bits per heavy atom. The molecule has 1 fully saturated rings. The molecule has 1 N–H and O–H groups in total. The number of benzene rings is 1. The molecule has 0 radical (unpaired) electrons. The highest BCUT2D eigenvalue weighted by atomic mass is 16.5. The smallest absolute Gasteiger partial charge is 0.317 e. The van der Waals surface area contributed by atoms with E-state index in [-0.39, 0.29) is 31.5 Å². The zero-order valence-electron chi connectivity index (χ0n) is 17.9. The molecule has 1 aromatic carbocycles. The number of hydrogen-bond donors (Lipinski definition) is 1. The Labute approximate surface area is 172 Å². The molecule has 0 amide bonds. The van der Waals surface area contributed by atoms with Crippen molar-refractivity contribution in [3.63, 3.8) is 0 Å². The SMILES string of the molecule is CC(C)COC(=O)[C@H]1C(=O)C[C@](C)(O)[C@@H](C(=O)OCC(C)C)[C@@H]1c1ccccc1. The minimum atomic E-state index is -1.62. The van der Waals surface area contributed by atoms with Crippen molar-refractivity contribution in [1.29, 1.82) is 0 Å². The molecular formula is C23H32O6. The van der Waals surface area contributed by atoms with Crippen molar-refractivity contribution in [2.45, 2.75) is 52.6 Å². The van der Waals surface area contributed by atoms with Crippen LogP contribution in [0.4, 0.5) is 0 Å². The van der Waals surface area contributed by atoms with Crippen LogP contribution in [0.5, 0.6) is 0 Å². The highest BCUT2D eigenvalue weighted by Gasteiger charge is 2.57. The second-order valence-corrected chi connectivity index (χ2v) is 8.94. The van der Waals surface area contributed by atoms with Gasteiger partial charge in [0.15, 0.2) is 5.78 Å². The molecule has 6 nitrogen and oxygen atoms in total. The van der Waals surface area contributed by atoms with Crippen molar-refractivity contribution < 1.29 is 29.0 Å². The lowest BCUT2D eigenvalue weighted by molar-refractivity contribution is -0.173. The van der Waals surface area contributed by atoms with E-state index in [1.54, 1.807) is 24.3 Å². The van der Waals surface area contributed by atoms with Gasteiger partial charge in [0, 0.05) is 12.3 Å². The lowest BCUT2D eigenvalue weighted by Crippen LogP contribution is -2.55. The second-order valence-electron chi connectivity index (χ2n) is 8.94. The average Bonchev–Trinajstić information content (AvgIpc) is 2.63. The molecule has 0 unspecified atom stereocenters. The predicted molar refractivity (Wildman–Crippen MR) is 108 cm³/mol. The summed E-state index contributed by atoms with van der Waals surface area (Å²) in [4.78, 5) is 38.8.